The molecule has 2 bridgehead atoms. The first-order chi connectivity index (χ1) is 8.60. The Kier molecular flexibility index (Phi) is 4.19. The van der Waals surface area contributed by atoms with E-state index in [2.05, 4.69) is 15.5 Å². The molecule has 0 saturated carbocycles. The summed E-state index contributed by atoms with van der Waals surface area (Å²) in [6, 6.07) is 0.357. The molecular weight excluding hydrogens is 234 g/mol. The van der Waals surface area contributed by atoms with E-state index in [0.717, 1.165) is 25.7 Å². The fourth-order valence-electron chi connectivity index (χ4n) is 3.09. The number of amides is 3. The molecule has 6 heteroatoms. The third-order valence-corrected chi connectivity index (χ3v) is 3.94. The second kappa shape index (κ2) is 5.67. The summed E-state index contributed by atoms with van der Waals surface area (Å²) >= 11 is 0. The van der Waals surface area contributed by atoms with Crippen molar-refractivity contribution in [3.05, 3.63) is 0 Å². The zero-order valence-electron chi connectivity index (χ0n) is 10.7. The van der Waals surface area contributed by atoms with Crippen LogP contribution in [-0.2, 0) is 4.79 Å². The van der Waals surface area contributed by atoms with Crippen LogP contribution in [0.4, 0.5) is 4.79 Å². The van der Waals surface area contributed by atoms with Crippen molar-refractivity contribution in [2.45, 2.75) is 50.3 Å². The normalized spacial score (nSPS) is 31.1. The molecule has 0 aromatic rings. The molecule has 0 aliphatic carbocycles. The lowest BCUT2D eigenvalue weighted by molar-refractivity contribution is -0.120. The molecule has 3 N–H and O–H groups in total. The summed E-state index contributed by atoms with van der Waals surface area (Å²) in [4.78, 5) is 24.8. The number of rotatable bonds is 3. The summed E-state index contributed by atoms with van der Waals surface area (Å²) in [6.07, 6.45) is 3.99. The predicted octanol–water partition coefficient (Wildman–Crippen LogP) is -0.180. The quantitative estimate of drug-likeness (QED) is 0.653. The number of carbonyl (C=O) groups is 2. The Bertz CT molecular complexity index is 321. The summed E-state index contributed by atoms with van der Waals surface area (Å²) < 4.78 is 0. The molecule has 0 spiro atoms. The lowest BCUT2D eigenvalue weighted by Gasteiger charge is -2.36. The Morgan fingerprint density at radius 3 is 2.44 bits per heavy atom. The van der Waals surface area contributed by atoms with Gasteiger partial charge in [-0.3, -0.25) is 15.0 Å². The minimum atomic E-state index is -0.461. The number of aliphatic hydroxyl groups excluding tert-OH is 1. The first-order valence-corrected chi connectivity index (χ1v) is 6.55. The van der Waals surface area contributed by atoms with Crippen molar-refractivity contribution < 1.29 is 14.7 Å². The fourth-order valence-corrected chi connectivity index (χ4v) is 3.09. The maximum atomic E-state index is 11.5. The van der Waals surface area contributed by atoms with Crippen molar-refractivity contribution in [3.8, 4) is 0 Å². The highest BCUT2D eigenvalue weighted by molar-refractivity contribution is 5.94. The molecule has 3 amide bonds. The lowest BCUT2D eigenvalue weighted by Crippen LogP contribution is -2.46. The van der Waals surface area contributed by atoms with Crippen LogP contribution in [-0.4, -0.2) is 53.7 Å². The molecule has 6 nitrogen and oxygen atoms in total. The standard InChI is InChI=1S/C12H21N3O3/c1-13-12(18)14-11(17)4-5-15-8-2-3-9(15)7-10(16)6-8/h8-10,16H,2-7H2,1H3,(H2,13,14,17,18). The first kappa shape index (κ1) is 13.3. The molecule has 0 aromatic heterocycles. The zero-order valence-corrected chi connectivity index (χ0v) is 10.7. The molecule has 0 aromatic carbocycles. The van der Waals surface area contributed by atoms with E-state index in [1.165, 1.54) is 7.05 Å². The van der Waals surface area contributed by atoms with Crippen molar-refractivity contribution in [1.82, 2.24) is 15.5 Å². The molecule has 2 aliphatic heterocycles. The third-order valence-electron chi connectivity index (χ3n) is 3.94. The Balaban J connectivity index is 1.77. The molecule has 2 saturated heterocycles. The number of nitrogens with one attached hydrogen (secondary N) is 2. The molecule has 0 radical (unpaired) electrons. The Labute approximate surface area is 107 Å². The molecule has 2 atom stereocenters. The van der Waals surface area contributed by atoms with Crippen LogP contribution < -0.4 is 10.6 Å². The average Bonchev–Trinajstić information content (AvgIpc) is 2.57. The minimum Gasteiger partial charge on any atom is -0.393 e. The zero-order chi connectivity index (χ0) is 13.1. The highest BCUT2D eigenvalue weighted by Gasteiger charge is 2.39. The highest BCUT2D eigenvalue weighted by Crippen LogP contribution is 2.35. The number of imide groups is 1. The van der Waals surface area contributed by atoms with Crippen LogP contribution in [0, 0.1) is 0 Å². The van der Waals surface area contributed by atoms with Crippen LogP contribution in [0.15, 0.2) is 0 Å². The van der Waals surface area contributed by atoms with Gasteiger partial charge in [0.05, 0.1) is 6.10 Å². The Morgan fingerprint density at radius 1 is 1.28 bits per heavy atom. The maximum Gasteiger partial charge on any atom is 0.321 e. The van der Waals surface area contributed by atoms with E-state index in [9.17, 15) is 14.7 Å². The summed E-state index contributed by atoms with van der Waals surface area (Å²) in [7, 11) is 1.48. The van der Waals surface area contributed by atoms with Gasteiger partial charge in [-0.1, -0.05) is 0 Å². The van der Waals surface area contributed by atoms with Crippen LogP contribution in [0.5, 0.6) is 0 Å². The van der Waals surface area contributed by atoms with Crippen LogP contribution in [0.2, 0.25) is 0 Å². The number of urea groups is 1. The van der Waals surface area contributed by atoms with Gasteiger partial charge in [-0.15, -0.1) is 0 Å². The molecule has 2 aliphatic rings. The summed E-state index contributed by atoms with van der Waals surface area (Å²) in [5.41, 5.74) is 0. The molecule has 2 unspecified atom stereocenters. The smallest absolute Gasteiger partial charge is 0.321 e. The second-order valence-corrected chi connectivity index (χ2v) is 5.13. The Morgan fingerprint density at radius 2 is 1.89 bits per heavy atom. The van der Waals surface area contributed by atoms with E-state index in [0.29, 0.717) is 25.0 Å². The van der Waals surface area contributed by atoms with Crippen molar-refractivity contribution in [1.29, 1.82) is 0 Å². The molecular formula is C12H21N3O3. The first-order valence-electron chi connectivity index (χ1n) is 6.55. The van der Waals surface area contributed by atoms with Gasteiger partial charge in [-0.25, -0.2) is 4.79 Å². The van der Waals surface area contributed by atoms with Crippen molar-refractivity contribution in [2.75, 3.05) is 13.6 Å². The van der Waals surface area contributed by atoms with Gasteiger partial charge in [-0.05, 0) is 25.7 Å². The number of fused-ring (bicyclic) bond motifs is 2. The van der Waals surface area contributed by atoms with E-state index in [-0.39, 0.29) is 12.0 Å². The van der Waals surface area contributed by atoms with E-state index in [1.807, 2.05) is 0 Å². The third kappa shape index (κ3) is 3.00. The van der Waals surface area contributed by atoms with Crippen LogP contribution >= 0.6 is 0 Å². The van der Waals surface area contributed by atoms with Gasteiger partial charge in [0.25, 0.3) is 0 Å². The summed E-state index contributed by atoms with van der Waals surface area (Å²) in [5.74, 6) is -0.250. The Hall–Kier alpha value is -1.14. The van der Waals surface area contributed by atoms with Gasteiger partial charge < -0.3 is 10.4 Å². The SMILES string of the molecule is CNC(=O)NC(=O)CCN1C2CCC1CC(O)C2. The van der Waals surface area contributed by atoms with Gasteiger partial charge in [0.1, 0.15) is 0 Å². The lowest BCUT2D eigenvalue weighted by atomic mass is 10.00. The van der Waals surface area contributed by atoms with Gasteiger partial charge in [0.2, 0.25) is 5.91 Å². The van der Waals surface area contributed by atoms with Crippen molar-refractivity contribution >= 4 is 11.9 Å². The highest BCUT2D eigenvalue weighted by atomic mass is 16.3. The number of nitrogens with zero attached hydrogens (tertiary/aromatic N) is 1. The van der Waals surface area contributed by atoms with E-state index < -0.39 is 6.03 Å². The average molecular weight is 255 g/mol. The summed E-state index contributed by atoms with van der Waals surface area (Å²) in [6.45, 7) is 0.672. The fraction of sp³-hybridized carbons (Fsp3) is 0.833. The molecule has 102 valence electrons. The summed E-state index contributed by atoms with van der Waals surface area (Å²) in [5, 5.41) is 14.3. The van der Waals surface area contributed by atoms with Crippen LogP contribution in [0.25, 0.3) is 0 Å². The largest absolute Gasteiger partial charge is 0.393 e. The predicted molar refractivity (Wildman–Crippen MR) is 66.0 cm³/mol. The van der Waals surface area contributed by atoms with Crippen molar-refractivity contribution in [3.63, 3.8) is 0 Å². The second-order valence-electron chi connectivity index (χ2n) is 5.13. The number of hydrogen-bond donors (Lipinski definition) is 3. The molecule has 2 heterocycles. The van der Waals surface area contributed by atoms with Crippen LogP contribution in [0.1, 0.15) is 32.1 Å². The molecule has 2 rings (SSSR count). The van der Waals surface area contributed by atoms with Crippen molar-refractivity contribution in [2.24, 2.45) is 0 Å². The van der Waals surface area contributed by atoms with E-state index in [1.54, 1.807) is 0 Å². The van der Waals surface area contributed by atoms with Gasteiger partial charge in [0.15, 0.2) is 0 Å². The van der Waals surface area contributed by atoms with Crippen LogP contribution in [0.3, 0.4) is 0 Å². The number of hydrogen-bond acceptors (Lipinski definition) is 4. The number of carbonyl (C=O) groups excluding carboxylic acids is 2. The number of piperidine rings is 1. The van der Waals surface area contributed by atoms with Gasteiger partial charge in [-0.2, -0.15) is 0 Å². The topological polar surface area (TPSA) is 81.7 Å². The monoisotopic (exact) mass is 255 g/mol. The maximum absolute atomic E-state index is 11.5. The number of aliphatic hydroxyl groups is 1. The molecule has 2 fully saturated rings. The van der Waals surface area contributed by atoms with Gasteiger partial charge >= 0.3 is 6.03 Å². The van der Waals surface area contributed by atoms with Gasteiger partial charge in [0, 0.05) is 32.1 Å². The molecule has 18 heavy (non-hydrogen) atoms. The minimum absolute atomic E-state index is 0.182. The van der Waals surface area contributed by atoms with E-state index in [4.69, 9.17) is 0 Å². The van der Waals surface area contributed by atoms with E-state index >= 15 is 0 Å².